The van der Waals surface area contributed by atoms with Gasteiger partial charge in [0.15, 0.2) is 11.5 Å². The molecule has 9 heteroatoms. The topological polar surface area (TPSA) is 94.2 Å². The molecule has 0 aliphatic heterocycles. The van der Waals surface area contributed by atoms with Crippen molar-refractivity contribution in [1.29, 1.82) is 0 Å². The van der Waals surface area contributed by atoms with Gasteiger partial charge >= 0.3 is 0 Å². The number of amides is 1. The Morgan fingerprint density at radius 2 is 1.68 bits per heavy atom. The molecule has 0 aliphatic carbocycles. The molecule has 2 aromatic rings. The van der Waals surface area contributed by atoms with E-state index in [1.165, 1.54) is 0 Å². The second-order valence-corrected chi connectivity index (χ2v) is 8.75. The number of methoxy groups -OCH3 is 2. The standard InChI is InChI=1S/C22H30N2O6S/c1-6-19(16-8-13-20(28-3)21(14-16)29-4)23-22(25)15-24(31(5,26)27)17-9-11-18(12-10-17)30-7-2/h8-14,19H,6-7,15H2,1-5H3,(H,23,25). The predicted octanol–water partition coefficient (Wildman–Crippen LogP) is 3.14. The molecular weight excluding hydrogens is 420 g/mol. The molecule has 0 saturated heterocycles. The van der Waals surface area contributed by atoms with Gasteiger partial charge in [0, 0.05) is 0 Å². The zero-order valence-electron chi connectivity index (χ0n) is 18.5. The molecule has 2 aromatic carbocycles. The van der Waals surface area contributed by atoms with Crippen LogP contribution in [0.5, 0.6) is 17.2 Å². The summed E-state index contributed by atoms with van der Waals surface area (Å²) in [6.45, 7) is 3.97. The highest BCUT2D eigenvalue weighted by atomic mass is 32.2. The molecule has 0 radical (unpaired) electrons. The molecule has 31 heavy (non-hydrogen) atoms. The van der Waals surface area contributed by atoms with E-state index in [2.05, 4.69) is 5.32 Å². The van der Waals surface area contributed by atoms with E-state index in [-0.39, 0.29) is 12.6 Å². The summed E-state index contributed by atoms with van der Waals surface area (Å²) in [6, 6.07) is 11.7. The van der Waals surface area contributed by atoms with Crippen LogP contribution in [0.15, 0.2) is 42.5 Å². The van der Waals surface area contributed by atoms with Crippen LogP contribution in [0.25, 0.3) is 0 Å². The van der Waals surface area contributed by atoms with E-state index >= 15 is 0 Å². The highest BCUT2D eigenvalue weighted by molar-refractivity contribution is 7.92. The van der Waals surface area contributed by atoms with Crippen LogP contribution in [-0.2, 0) is 14.8 Å². The average Bonchev–Trinajstić information content (AvgIpc) is 2.75. The fraction of sp³-hybridized carbons (Fsp3) is 0.409. The van der Waals surface area contributed by atoms with Crippen LogP contribution in [0.4, 0.5) is 5.69 Å². The lowest BCUT2D eigenvalue weighted by atomic mass is 10.0. The van der Waals surface area contributed by atoms with Crippen molar-refractivity contribution in [3.63, 3.8) is 0 Å². The maximum absolute atomic E-state index is 12.8. The summed E-state index contributed by atoms with van der Waals surface area (Å²) in [5, 5.41) is 2.91. The molecule has 1 N–H and O–H groups in total. The van der Waals surface area contributed by atoms with Crippen LogP contribution in [-0.4, -0.2) is 48.0 Å². The zero-order chi connectivity index (χ0) is 23.0. The third-order valence-electron chi connectivity index (χ3n) is 4.68. The van der Waals surface area contributed by atoms with Crippen molar-refractivity contribution in [2.45, 2.75) is 26.3 Å². The van der Waals surface area contributed by atoms with Gasteiger partial charge in [-0.2, -0.15) is 0 Å². The molecule has 0 saturated carbocycles. The van der Waals surface area contributed by atoms with Crippen molar-refractivity contribution in [1.82, 2.24) is 5.32 Å². The van der Waals surface area contributed by atoms with Crippen molar-refractivity contribution in [2.75, 3.05) is 37.9 Å². The smallest absolute Gasteiger partial charge is 0.241 e. The summed E-state index contributed by atoms with van der Waals surface area (Å²) < 4.78 is 41.7. The van der Waals surface area contributed by atoms with E-state index < -0.39 is 15.9 Å². The molecule has 1 amide bonds. The van der Waals surface area contributed by atoms with Crippen LogP contribution in [0.2, 0.25) is 0 Å². The Bertz CT molecular complexity index is 976. The highest BCUT2D eigenvalue weighted by Crippen LogP contribution is 2.31. The first-order chi connectivity index (χ1) is 14.7. The largest absolute Gasteiger partial charge is 0.494 e. The number of hydrogen-bond acceptors (Lipinski definition) is 6. The van der Waals surface area contributed by atoms with E-state index in [9.17, 15) is 13.2 Å². The summed E-state index contributed by atoms with van der Waals surface area (Å²) in [5.74, 6) is 1.36. The van der Waals surface area contributed by atoms with E-state index in [1.807, 2.05) is 19.9 Å². The minimum atomic E-state index is -3.67. The van der Waals surface area contributed by atoms with Crippen LogP contribution in [0.1, 0.15) is 31.9 Å². The number of carbonyl (C=O) groups is 1. The van der Waals surface area contributed by atoms with Gasteiger partial charge in [-0.25, -0.2) is 8.42 Å². The van der Waals surface area contributed by atoms with Crippen LogP contribution in [0, 0.1) is 0 Å². The van der Waals surface area contributed by atoms with Gasteiger partial charge in [-0.3, -0.25) is 9.10 Å². The monoisotopic (exact) mass is 450 g/mol. The molecule has 0 heterocycles. The first-order valence-corrected chi connectivity index (χ1v) is 11.8. The number of benzene rings is 2. The normalized spacial score (nSPS) is 12.0. The molecule has 0 bridgehead atoms. The second-order valence-electron chi connectivity index (χ2n) is 6.84. The van der Waals surface area contributed by atoms with E-state index in [0.717, 1.165) is 16.1 Å². The predicted molar refractivity (Wildman–Crippen MR) is 121 cm³/mol. The molecule has 0 spiro atoms. The minimum absolute atomic E-state index is 0.311. The number of anilines is 1. The Hall–Kier alpha value is -2.94. The Morgan fingerprint density at radius 1 is 1.03 bits per heavy atom. The maximum Gasteiger partial charge on any atom is 0.241 e. The number of ether oxygens (including phenoxy) is 3. The quantitative estimate of drug-likeness (QED) is 0.565. The summed E-state index contributed by atoms with van der Waals surface area (Å²) in [4.78, 5) is 12.8. The first kappa shape index (κ1) is 24.3. The lowest BCUT2D eigenvalue weighted by Gasteiger charge is -2.24. The summed E-state index contributed by atoms with van der Waals surface area (Å²) in [5.41, 5.74) is 1.22. The van der Waals surface area contributed by atoms with E-state index in [1.54, 1.807) is 50.6 Å². The van der Waals surface area contributed by atoms with Gasteiger partial charge in [0.05, 0.1) is 38.8 Å². The summed E-state index contributed by atoms with van der Waals surface area (Å²) in [6.07, 6.45) is 1.69. The SMILES string of the molecule is CCOc1ccc(N(CC(=O)NC(CC)c2ccc(OC)c(OC)c2)S(C)(=O)=O)cc1. The molecular formula is C22H30N2O6S. The van der Waals surface area contributed by atoms with Crippen LogP contribution < -0.4 is 23.8 Å². The van der Waals surface area contributed by atoms with Gasteiger partial charge in [-0.15, -0.1) is 0 Å². The fourth-order valence-corrected chi connectivity index (χ4v) is 3.99. The third-order valence-corrected chi connectivity index (χ3v) is 5.82. The molecule has 0 aromatic heterocycles. The molecule has 170 valence electrons. The van der Waals surface area contributed by atoms with E-state index in [4.69, 9.17) is 14.2 Å². The van der Waals surface area contributed by atoms with Crippen molar-refractivity contribution in [3.05, 3.63) is 48.0 Å². The number of nitrogens with zero attached hydrogens (tertiary/aromatic N) is 1. The molecule has 1 unspecified atom stereocenters. The second kappa shape index (κ2) is 10.9. The average molecular weight is 451 g/mol. The van der Waals surface area contributed by atoms with Crippen LogP contribution in [0.3, 0.4) is 0 Å². The Morgan fingerprint density at radius 3 is 2.19 bits per heavy atom. The number of rotatable bonds is 11. The van der Waals surface area contributed by atoms with Gasteiger partial charge in [0.1, 0.15) is 12.3 Å². The third kappa shape index (κ3) is 6.52. The van der Waals surface area contributed by atoms with Crippen molar-refractivity contribution in [2.24, 2.45) is 0 Å². The van der Waals surface area contributed by atoms with Gasteiger partial charge in [-0.05, 0) is 55.3 Å². The number of sulfonamides is 1. The molecule has 1 atom stereocenters. The van der Waals surface area contributed by atoms with Gasteiger partial charge < -0.3 is 19.5 Å². The fourth-order valence-electron chi connectivity index (χ4n) is 3.14. The van der Waals surface area contributed by atoms with Crippen molar-refractivity contribution in [3.8, 4) is 17.2 Å². The Balaban J connectivity index is 2.19. The van der Waals surface area contributed by atoms with Crippen molar-refractivity contribution < 1.29 is 27.4 Å². The first-order valence-electron chi connectivity index (χ1n) is 9.95. The summed E-state index contributed by atoms with van der Waals surface area (Å²) >= 11 is 0. The zero-order valence-corrected chi connectivity index (χ0v) is 19.4. The van der Waals surface area contributed by atoms with Crippen LogP contribution >= 0.6 is 0 Å². The lowest BCUT2D eigenvalue weighted by Crippen LogP contribution is -2.41. The number of carbonyl (C=O) groups excluding carboxylic acids is 1. The van der Waals surface area contributed by atoms with Gasteiger partial charge in [0.2, 0.25) is 15.9 Å². The Kier molecular flexibility index (Phi) is 8.56. The number of hydrogen-bond donors (Lipinski definition) is 1. The van der Waals surface area contributed by atoms with Gasteiger partial charge in [0.25, 0.3) is 0 Å². The number of nitrogens with one attached hydrogen (secondary N) is 1. The summed E-state index contributed by atoms with van der Waals surface area (Å²) in [7, 11) is -0.573. The molecule has 0 aliphatic rings. The van der Waals surface area contributed by atoms with E-state index in [0.29, 0.717) is 36.0 Å². The molecule has 0 fully saturated rings. The Labute approximate surface area is 184 Å². The van der Waals surface area contributed by atoms with Crippen molar-refractivity contribution >= 4 is 21.6 Å². The maximum atomic E-state index is 12.8. The lowest BCUT2D eigenvalue weighted by molar-refractivity contribution is -0.120. The minimum Gasteiger partial charge on any atom is -0.494 e. The molecule has 2 rings (SSSR count). The van der Waals surface area contributed by atoms with Gasteiger partial charge in [-0.1, -0.05) is 13.0 Å². The highest BCUT2D eigenvalue weighted by Gasteiger charge is 2.23. The molecule has 8 nitrogen and oxygen atoms in total.